The highest BCUT2D eigenvalue weighted by Gasteiger charge is 2.24. The number of sulfonamides is 1. The molecule has 6 nitrogen and oxygen atoms in total. The highest BCUT2D eigenvalue weighted by molar-refractivity contribution is 9.11. The van der Waals surface area contributed by atoms with E-state index in [1.165, 1.54) is 13.2 Å². The Kier molecular flexibility index (Phi) is 10.1. The molecule has 0 amide bonds. The SMILES string of the molecule is CCCC[C@H](CNCc1ccc(OC)cc1)NS(=O)(=O)c1cc(OC)c(Br)cc1Br. The summed E-state index contributed by atoms with van der Waals surface area (Å²) in [6.07, 6.45) is 2.67. The summed E-state index contributed by atoms with van der Waals surface area (Å²) in [6, 6.07) is 10.8. The second kappa shape index (κ2) is 12.0. The van der Waals surface area contributed by atoms with Crippen molar-refractivity contribution in [2.75, 3.05) is 20.8 Å². The maximum atomic E-state index is 13.1. The Morgan fingerprint density at radius 1 is 1.03 bits per heavy atom. The molecule has 2 rings (SSSR count). The molecule has 0 aliphatic carbocycles. The van der Waals surface area contributed by atoms with E-state index in [-0.39, 0.29) is 10.9 Å². The van der Waals surface area contributed by atoms with Crippen molar-refractivity contribution in [2.24, 2.45) is 0 Å². The fourth-order valence-corrected chi connectivity index (χ4v) is 6.08. The number of hydrogen-bond acceptors (Lipinski definition) is 5. The first-order chi connectivity index (χ1) is 14.3. The Labute approximate surface area is 196 Å². The third-order valence-electron chi connectivity index (χ3n) is 4.60. The van der Waals surface area contributed by atoms with Crippen LogP contribution in [-0.4, -0.2) is 35.2 Å². The molecule has 0 radical (unpaired) electrons. The Bertz CT molecular complexity index is 921. The molecule has 0 saturated carbocycles. The van der Waals surface area contributed by atoms with Gasteiger partial charge in [0.15, 0.2) is 0 Å². The summed E-state index contributed by atoms with van der Waals surface area (Å²) >= 11 is 6.72. The second-order valence-electron chi connectivity index (χ2n) is 6.86. The summed E-state index contributed by atoms with van der Waals surface area (Å²) in [6.45, 7) is 3.26. The van der Waals surface area contributed by atoms with Crippen LogP contribution in [0.5, 0.6) is 11.5 Å². The summed E-state index contributed by atoms with van der Waals surface area (Å²) in [7, 11) is -0.587. The number of halogens is 2. The Morgan fingerprint density at radius 3 is 2.33 bits per heavy atom. The third kappa shape index (κ3) is 7.23. The summed E-state index contributed by atoms with van der Waals surface area (Å²) < 4.78 is 40.5. The van der Waals surface area contributed by atoms with Crippen molar-refractivity contribution < 1.29 is 17.9 Å². The van der Waals surface area contributed by atoms with Crippen LogP contribution in [0.4, 0.5) is 0 Å². The van der Waals surface area contributed by atoms with E-state index in [0.29, 0.717) is 27.8 Å². The molecule has 0 spiro atoms. The predicted octanol–water partition coefficient (Wildman–Crippen LogP) is 4.86. The minimum absolute atomic E-state index is 0.152. The van der Waals surface area contributed by atoms with Gasteiger partial charge in [-0.25, -0.2) is 13.1 Å². The lowest BCUT2D eigenvalue weighted by atomic mass is 10.1. The van der Waals surface area contributed by atoms with E-state index in [9.17, 15) is 8.42 Å². The van der Waals surface area contributed by atoms with E-state index in [1.807, 2.05) is 24.3 Å². The number of unbranched alkanes of at least 4 members (excludes halogenated alkanes) is 1. The molecule has 166 valence electrons. The van der Waals surface area contributed by atoms with Gasteiger partial charge in [0, 0.05) is 29.7 Å². The molecular formula is C21H28Br2N2O4S. The van der Waals surface area contributed by atoms with Crippen molar-refractivity contribution in [2.45, 2.75) is 43.7 Å². The van der Waals surface area contributed by atoms with Crippen molar-refractivity contribution in [1.29, 1.82) is 0 Å². The molecule has 0 fully saturated rings. The van der Waals surface area contributed by atoms with Crippen LogP contribution < -0.4 is 19.5 Å². The molecule has 0 heterocycles. The first kappa shape index (κ1) is 25.1. The van der Waals surface area contributed by atoms with E-state index < -0.39 is 10.0 Å². The Hall–Kier alpha value is -1.13. The molecule has 30 heavy (non-hydrogen) atoms. The van der Waals surface area contributed by atoms with Gasteiger partial charge in [0.2, 0.25) is 10.0 Å². The van der Waals surface area contributed by atoms with Gasteiger partial charge in [-0.05, 0) is 62.0 Å². The van der Waals surface area contributed by atoms with Crippen LogP contribution in [0.2, 0.25) is 0 Å². The van der Waals surface area contributed by atoms with Crippen LogP contribution in [0.25, 0.3) is 0 Å². The maximum Gasteiger partial charge on any atom is 0.242 e. The zero-order valence-electron chi connectivity index (χ0n) is 17.4. The van der Waals surface area contributed by atoms with Crippen LogP contribution in [0.15, 0.2) is 50.2 Å². The minimum Gasteiger partial charge on any atom is -0.497 e. The van der Waals surface area contributed by atoms with Gasteiger partial charge < -0.3 is 14.8 Å². The first-order valence-electron chi connectivity index (χ1n) is 9.69. The lowest BCUT2D eigenvalue weighted by Gasteiger charge is -2.20. The molecule has 0 aliphatic rings. The molecule has 0 saturated heterocycles. The maximum absolute atomic E-state index is 13.1. The zero-order valence-corrected chi connectivity index (χ0v) is 21.4. The van der Waals surface area contributed by atoms with Gasteiger partial charge in [-0.2, -0.15) is 0 Å². The summed E-state index contributed by atoms with van der Waals surface area (Å²) in [4.78, 5) is 0.152. The largest absolute Gasteiger partial charge is 0.497 e. The fraction of sp³-hybridized carbons (Fsp3) is 0.429. The van der Waals surface area contributed by atoms with Crippen molar-refractivity contribution in [3.8, 4) is 11.5 Å². The first-order valence-corrected chi connectivity index (χ1v) is 12.8. The van der Waals surface area contributed by atoms with Gasteiger partial charge in [-0.3, -0.25) is 0 Å². The topological polar surface area (TPSA) is 76.7 Å². The Morgan fingerprint density at radius 2 is 1.73 bits per heavy atom. The van der Waals surface area contributed by atoms with Gasteiger partial charge >= 0.3 is 0 Å². The number of methoxy groups -OCH3 is 2. The molecule has 0 unspecified atom stereocenters. The van der Waals surface area contributed by atoms with Gasteiger partial charge in [0.1, 0.15) is 11.5 Å². The molecule has 2 aromatic carbocycles. The molecule has 2 aromatic rings. The van der Waals surface area contributed by atoms with Gasteiger partial charge in [-0.1, -0.05) is 31.9 Å². The van der Waals surface area contributed by atoms with Crippen LogP contribution in [0, 0.1) is 0 Å². The number of hydrogen-bond donors (Lipinski definition) is 2. The predicted molar refractivity (Wildman–Crippen MR) is 127 cm³/mol. The van der Waals surface area contributed by atoms with E-state index >= 15 is 0 Å². The lowest BCUT2D eigenvalue weighted by Crippen LogP contribution is -2.42. The molecule has 1 atom stereocenters. The van der Waals surface area contributed by atoms with Gasteiger partial charge in [0.25, 0.3) is 0 Å². The van der Waals surface area contributed by atoms with E-state index in [0.717, 1.165) is 30.6 Å². The number of nitrogens with one attached hydrogen (secondary N) is 2. The van der Waals surface area contributed by atoms with E-state index in [1.54, 1.807) is 13.2 Å². The van der Waals surface area contributed by atoms with Gasteiger partial charge in [0.05, 0.1) is 23.6 Å². The van der Waals surface area contributed by atoms with Crippen LogP contribution in [-0.2, 0) is 16.6 Å². The average molecular weight is 564 g/mol. The van der Waals surface area contributed by atoms with E-state index in [4.69, 9.17) is 9.47 Å². The third-order valence-corrected chi connectivity index (χ3v) is 7.70. The van der Waals surface area contributed by atoms with Crippen LogP contribution >= 0.6 is 31.9 Å². The quantitative estimate of drug-likeness (QED) is 0.386. The summed E-state index contributed by atoms with van der Waals surface area (Å²) in [5.41, 5.74) is 1.10. The number of benzene rings is 2. The monoisotopic (exact) mass is 562 g/mol. The van der Waals surface area contributed by atoms with Gasteiger partial charge in [-0.15, -0.1) is 0 Å². The molecule has 2 N–H and O–H groups in total. The average Bonchev–Trinajstić information content (AvgIpc) is 2.72. The standard InChI is InChI=1S/C21H28Br2N2O4S/c1-4-5-6-16(14-24-13-15-7-9-17(28-2)10-8-15)25-30(26,27)21-12-20(29-3)18(22)11-19(21)23/h7-12,16,24-25H,4-6,13-14H2,1-3H3/t16-/m1/s1. The Balaban J connectivity index is 2.08. The van der Waals surface area contributed by atoms with Crippen LogP contribution in [0.1, 0.15) is 31.7 Å². The van der Waals surface area contributed by atoms with E-state index in [2.05, 4.69) is 48.8 Å². The highest BCUT2D eigenvalue weighted by atomic mass is 79.9. The van der Waals surface area contributed by atoms with Crippen molar-refractivity contribution in [3.63, 3.8) is 0 Å². The fourth-order valence-electron chi connectivity index (χ4n) is 2.94. The summed E-state index contributed by atoms with van der Waals surface area (Å²) in [5.74, 6) is 1.27. The molecule has 0 bridgehead atoms. The zero-order chi connectivity index (χ0) is 22.1. The van der Waals surface area contributed by atoms with Crippen molar-refractivity contribution in [3.05, 3.63) is 50.9 Å². The molecule has 0 aromatic heterocycles. The van der Waals surface area contributed by atoms with Crippen LogP contribution in [0.3, 0.4) is 0 Å². The lowest BCUT2D eigenvalue weighted by molar-refractivity contribution is 0.410. The molecular weight excluding hydrogens is 536 g/mol. The highest BCUT2D eigenvalue weighted by Crippen LogP contribution is 2.34. The normalized spacial score (nSPS) is 12.6. The van der Waals surface area contributed by atoms with Crippen molar-refractivity contribution >= 4 is 41.9 Å². The summed E-state index contributed by atoms with van der Waals surface area (Å²) in [5, 5.41) is 3.36. The molecule has 0 aliphatic heterocycles. The second-order valence-corrected chi connectivity index (χ2v) is 10.2. The van der Waals surface area contributed by atoms with Crippen molar-refractivity contribution in [1.82, 2.24) is 10.0 Å². The number of ether oxygens (including phenoxy) is 2. The minimum atomic E-state index is -3.73. The smallest absolute Gasteiger partial charge is 0.242 e. The number of rotatable bonds is 12. The molecule has 9 heteroatoms.